The lowest BCUT2D eigenvalue weighted by Gasteiger charge is -2.16. The first-order valence-corrected chi connectivity index (χ1v) is 4.28. The van der Waals surface area contributed by atoms with E-state index in [1.165, 1.54) is 0 Å². The second-order valence-corrected chi connectivity index (χ2v) is 3.52. The maximum absolute atomic E-state index is 9.35. The predicted molar refractivity (Wildman–Crippen MR) is 42.4 cm³/mol. The summed E-state index contributed by atoms with van der Waals surface area (Å²) in [5, 5.41) is 36.1. The van der Waals surface area contributed by atoms with E-state index in [0.717, 1.165) is 0 Å². The van der Waals surface area contributed by atoms with Gasteiger partial charge < -0.3 is 20.4 Å². The molecule has 0 radical (unpaired) electrons. The maximum atomic E-state index is 9.35. The maximum Gasteiger partial charge on any atom is 0.0774 e. The first-order chi connectivity index (χ1) is 5.63. The van der Waals surface area contributed by atoms with Crippen molar-refractivity contribution in [2.45, 2.75) is 37.6 Å². The van der Waals surface area contributed by atoms with Crippen molar-refractivity contribution in [2.75, 3.05) is 6.61 Å². The summed E-state index contributed by atoms with van der Waals surface area (Å²) in [5.41, 5.74) is 0. The first-order valence-electron chi connectivity index (χ1n) is 4.28. The summed E-state index contributed by atoms with van der Waals surface area (Å²) < 4.78 is 0. The lowest BCUT2D eigenvalue weighted by Crippen LogP contribution is -2.22. The molecule has 12 heavy (non-hydrogen) atoms. The van der Waals surface area contributed by atoms with Crippen molar-refractivity contribution in [1.82, 2.24) is 0 Å². The molecular weight excluding hydrogens is 160 g/mol. The van der Waals surface area contributed by atoms with Gasteiger partial charge >= 0.3 is 0 Å². The number of rotatable bonds is 3. The molecule has 1 rings (SSSR count). The van der Waals surface area contributed by atoms with Crippen molar-refractivity contribution >= 4 is 0 Å². The van der Waals surface area contributed by atoms with E-state index in [0.29, 0.717) is 19.3 Å². The second kappa shape index (κ2) is 4.18. The third-order valence-electron chi connectivity index (χ3n) is 2.42. The fourth-order valence-corrected chi connectivity index (χ4v) is 1.75. The standard InChI is InChI=1S/C8H16O4/c9-4-7(11)2-5-1-6(10)3-8(5)12/h5-12H,1-4H2/t5-,6-,7?,8-/m0/s1. The summed E-state index contributed by atoms with van der Waals surface area (Å²) in [7, 11) is 0. The Kier molecular flexibility index (Phi) is 3.46. The summed E-state index contributed by atoms with van der Waals surface area (Å²) in [5.74, 6) is -0.0675. The SMILES string of the molecule is OCC(O)C[C@@H]1C[C@H](O)C[C@@H]1O. The van der Waals surface area contributed by atoms with Gasteiger partial charge in [-0.2, -0.15) is 0 Å². The van der Waals surface area contributed by atoms with Crippen molar-refractivity contribution in [2.24, 2.45) is 5.92 Å². The van der Waals surface area contributed by atoms with Gasteiger partial charge in [-0.05, 0) is 25.2 Å². The van der Waals surface area contributed by atoms with Crippen LogP contribution in [0.15, 0.2) is 0 Å². The van der Waals surface area contributed by atoms with Crippen LogP contribution in [0, 0.1) is 5.92 Å². The molecular formula is C8H16O4. The molecule has 1 fully saturated rings. The van der Waals surface area contributed by atoms with E-state index in [4.69, 9.17) is 15.3 Å². The molecule has 0 aromatic rings. The summed E-state index contributed by atoms with van der Waals surface area (Å²) in [6, 6.07) is 0. The molecule has 4 nitrogen and oxygen atoms in total. The van der Waals surface area contributed by atoms with E-state index >= 15 is 0 Å². The average molecular weight is 176 g/mol. The van der Waals surface area contributed by atoms with E-state index in [-0.39, 0.29) is 12.5 Å². The van der Waals surface area contributed by atoms with Gasteiger partial charge in [0.1, 0.15) is 0 Å². The molecule has 72 valence electrons. The van der Waals surface area contributed by atoms with Crippen LogP contribution >= 0.6 is 0 Å². The topological polar surface area (TPSA) is 80.9 Å². The fourth-order valence-electron chi connectivity index (χ4n) is 1.75. The summed E-state index contributed by atoms with van der Waals surface area (Å²) in [4.78, 5) is 0. The van der Waals surface area contributed by atoms with Gasteiger partial charge in [-0.25, -0.2) is 0 Å². The Morgan fingerprint density at radius 2 is 1.92 bits per heavy atom. The van der Waals surface area contributed by atoms with Crippen molar-refractivity contribution in [3.8, 4) is 0 Å². The summed E-state index contributed by atoms with van der Waals surface area (Å²) >= 11 is 0. The molecule has 1 unspecified atom stereocenters. The minimum atomic E-state index is -0.769. The largest absolute Gasteiger partial charge is 0.394 e. The van der Waals surface area contributed by atoms with Gasteiger partial charge in [0.05, 0.1) is 24.9 Å². The van der Waals surface area contributed by atoms with Gasteiger partial charge in [-0.3, -0.25) is 0 Å². The summed E-state index contributed by atoms with van der Waals surface area (Å²) in [6.07, 6.45) is -0.456. The highest BCUT2D eigenvalue weighted by molar-refractivity contribution is 4.84. The van der Waals surface area contributed by atoms with Crippen LogP contribution in [-0.4, -0.2) is 45.3 Å². The van der Waals surface area contributed by atoms with Crippen LogP contribution in [0.3, 0.4) is 0 Å². The van der Waals surface area contributed by atoms with Crippen LogP contribution in [0.1, 0.15) is 19.3 Å². The lowest BCUT2D eigenvalue weighted by atomic mass is 9.98. The molecule has 1 saturated carbocycles. The average Bonchev–Trinajstić information content (AvgIpc) is 2.30. The number of aliphatic hydroxyl groups is 4. The molecule has 0 aromatic heterocycles. The zero-order chi connectivity index (χ0) is 9.14. The quantitative estimate of drug-likeness (QED) is 0.438. The third kappa shape index (κ3) is 2.42. The molecule has 0 aliphatic heterocycles. The Balaban J connectivity index is 2.32. The normalized spacial score (nSPS) is 38.5. The van der Waals surface area contributed by atoms with Crippen molar-refractivity contribution in [1.29, 1.82) is 0 Å². The highest BCUT2D eigenvalue weighted by atomic mass is 16.3. The van der Waals surface area contributed by atoms with E-state index in [2.05, 4.69) is 0 Å². The zero-order valence-electron chi connectivity index (χ0n) is 6.93. The fraction of sp³-hybridized carbons (Fsp3) is 1.00. The number of hydrogen-bond acceptors (Lipinski definition) is 4. The van der Waals surface area contributed by atoms with E-state index in [1.54, 1.807) is 0 Å². The first kappa shape index (κ1) is 9.92. The Hall–Kier alpha value is -0.160. The van der Waals surface area contributed by atoms with E-state index in [9.17, 15) is 5.11 Å². The molecule has 0 saturated heterocycles. The van der Waals surface area contributed by atoms with Crippen molar-refractivity contribution < 1.29 is 20.4 Å². The molecule has 4 N–H and O–H groups in total. The zero-order valence-corrected chi connectivity index (χ0v) is 6.93. The van der Waals surface area contributed by atoms with Gasteiger partial charge in [-0.1, -0.05) is 0 Å². The van der Waals surface area contributed by atoms with Gasteiger partial charge in [0.15, 0.2) is 0 Å². The molecule has 1 aliphatic rings. The van der Waals surface area contributed by atoms with Crippen molar-refractivity contribution in [3.05, 3.63) is 0 Å². The van der Waals surface area contributed by atoms with Crippen LogP contribution in [0.25, 0.3) is 0 Å². The molecule has 1 aliphatic carbocycles. The van der Waals surface area contributed by atoms with E-state index in [1.807, 2.05) is 0 Å². The Morgan fingerprint density at radius 3 is 2.33 bits per heavy atom. The molecule has 4 atom stereocenters. The molecule has 4 heteroatoms. The van der Waals surface area contributed by atoms with Crippen LogP contribution in [-0.2, 0) is 0 Å². The third-order valence-corrected chi connectivity index (χ3v) is 2.42. The molecule has 0 heterocycles. The van der Waals surface area contributed by atoms with E-state index < -0.39 is 18.3 Å². The Labute approximate surface area is 71.5 Å². The minimum Gasteiger partial charge on any atom is -0.394 e. The molecule has 0 bridgehead atoms. The summed E-state index contributed by atoms with van der Waals surface area (Å²) in [6.45, 7) is -0.278. The molecule has 0 amide bonds. The number of aliphatic hydroxyl groups excluding tert-OH is 4. The second-order valence-electron chi connectivity index (χ2n) is 3.52. The van der Waals surface area contributed by atoms with Gasteiger partial charge in [-0.15, -0.1) is 0 Å². The van der Waals surface area contributed by atoms with Gasteiger partial charge in [0.2, 0.25) is 0 Å². The van der Waals surface area contributed by atoms with Crippen molar-refractivity contribution in [3.63, 3.8) is 0 Å². The van der Waals surface area contributed by atoms with Crippen LogP contribution in [0.5, 0.6) is 0 Å². The Bertz CT molecular complexity index is 139. The lowest BCUT2D eigenvalue weighted by molar-refractivity contribution is 0.0460. The van der Waals surface area contributed by atoms with Gasteiger partial charge in [0.25, 0.3) is 0 Å². The van der Waals surface area contributed by atoms with Gasteiger partial charge in [0, 0.05) is 0 Å². The minimum absolute atomic E-state index is 0.0675. The predicted octanol–water partition coefficient (Wildman–Crippen LogP) is -1.14. The molecule has 0 spiro atoms. The van der Waals surface area contributed by atoms with Crippen LogP contribution < -0.4 is 0 Å². The molecule has 0 aromatic carbocycles. The highest BCUT2D eigenvalue weighted by Crippen LogP contribution is 2.29. The number of hydrogen-bond donors (Lipinski definition) is 4. The monoisotopic (exact) mass is 176 g/mol. The smallest absolute Gasteiger partial charge is 0.0774 e. The Morgan fingerprint density at radius 1 is 1.25 bits per heavy atom. The highest BCUT2D eigenvalue weighted by Gasteiger charge is 2.32. The van der Waals surface area contributed by atoms with Crippen LogP contribution in [0.4, 0.5) is 0 Å². The van der Waals surface area contributed by atoms with Crippen LogP contribution in [0.2, 0.25) is 0 Å².